The fourth-order valence-corrected chi connectivity index (χ4v) is 2.01. The third-order valence-electron chi connectivity index (χ3n) is 3.00. The van der Waals surface area contributed by atoms with E-state index >= 15 is 0 Å². The van der Waals surface area contributed by atoms with Crippen LogP contribution in [0.1, 0.15) is 11.1 Å². The van der Waals surface area contributed by atoms with Crippen molar-refractivity contribution < 1.29 is 9.94 Å². The Morgan fingerprint density at radius 2 is 1.84 bits per heavy atom. The number of rotatable bonds is 3. The highest BCUT2D eigenvalue weighted by atomic mass is 16.8. The van der Waals surface area contributed by atoms with Gasteiger partial charge in [0.05, 0.1) is 6.54 Å². The van der Waals surface area contributed by atoms with E-state index in [2.05, 4.69) is 4.98 Å². The molecule has 96 valence electrons. The molecule has 3 rings (SSSR count). The summed E-state index contributed by atoms with van der Waals surface area (Å²) in [5.41, 5.74) is 1.78. The molecule has 4 nitrogen and oxygen atoms in total. The van der Waals surface area contributed by atoms with Gasteiger partial charge in [0.25, 0.3) is 0 Å². The Morgan fingerprint density at radius 1 is 1.11 bits per heavy atom. The van der Waals surface area contributed by atoms with Crippen LogP contribution in [0.15, 0.2) is 67.1 Å². The summed E-state index contributed by atoms with van der Waals surface area (Å²) in [5, 5.41) is 12.1. The smallest absolute Gasteiger partial charge is 0.239 e. The maximum absolute atomic E-state index is 10.4. The summed E-state index contributed by atoms with van der Waals surface area (Å²) >= 11 is 0. The third-order valence-corrected chi connectivity index (χ3v) is 3.00. The summed E-state index contributed by atoms with van der Waals surface area (Å²) in [6.07, 6.45) is 6.63. The molecule has 1 N–H and O–H groups in total. The van der Waals surface area contributed by atoms with E-state index in [1.807, 2.05) is 30.3 Å². The summed E-state index contributed by atoms with van der Waals surface area (Å²) in [7, 11) is 0. The number of aliphatic hydroxyl groups is 1. The third kappa shape index (κ3) is 2.50. The molecular weight excluding hydrogens is 240 g/mol. The molecule has 1 aliphatic heterocycles. The van der Waals surface area contributed by atoms with Gasteiger partial charge in [-0.2, -0.15) is 0 Å². The predicted octanol–water partition coefficient (Wildman–Crippen LogP) is 2.19. The quantitative estimate of drug-likeness (QED) is 0.912. The average Bonchev–Trinajstić information content (AvgIpc) is 2.84. The molecule has 2 heterocycles. The molecule has 19 heavy (non-hydrogen) atoms. The number of hydrogen-bond acceptors (Lipinski definition) is 4. The standard InChI is InChI=1S/C15H14N2O2/c18-15(14-6-9-16-10-7-14)8-11-17(19-15)12-13-4-2-1-3-5-13/h1-11,18H,12H2. The minimum Gasteiger partial charge on any atom is -0.357 e. The van der Waals surface area contributed by atoms with Crippen molar-refractivity contribution in [3.8, 4) is 0 Å². The van der Waals surface area contributed by atoms with Crippen molar-refractivity contribution in [2.45, 2.75) is 12.3 Å². The van der Waals surface area contributed by atoms with Gasteiger partial charge in [-0.3, -0.25) is 10.0 Å². The lowest BCUT2D eigenvalue weighted by atomic mass is 10.1. The van der Waals surface area contributed by atoms with Crippen LogP contribution in [0.2, 0.25) is 0 Å². The number of pyridine rings is 1. The molecule has 0 radical (unpaired) electrons. The molecule has 1 aromatic carbocycles. The first-order valence-corrected chi connectivity index (χ1v) is 6.08. The van der Waals surface area contributed by atoms with Gasteiger partial charge in [-0.25, -0.2) is 4.84 Å². The number of hydrogen-bond donors (Lipinski definition) is 1. The maximum atomic E-state index is 10.4. The molecule has 4 heteroatoms. The van der Waals surface area contributed by atoms with E-state index in [4.69, 9.17) is 4.84 Å². The van der Waals surface area contributed by atoms with E-state index in [1.54, 1.807) is 41.9 Å². The number of hydroxylamine groups is 2. The van der Waals surface area contributed by atoms with Crippen LogP contribution in [-0.2, 0) is 17.2 Å². The first-order chi connectivity index (χ1) is 9.26. The van der Waals surface area contributed by atoms with Gasteiger partial charge in [0.2, 0.25) is 5.79 Å². The van der Waals surface area contributed by atoms with Crippen molar-refractivity contribution in [2.75, 3.05) is 0 Å². The molecule has 1 aliphatic rings. The molecule has 1 aromatic heterocycles. The van der Waals surface area contributed by atoms with Gasteiger partial charge in [-0.05, 0) is 23.8 Å². The van der Waals surface area contributed by atoms with Crippen LogP contribution in [0.25, 0.3) is 0 Å². The van der Waals surface area contributed by atoms with E-state index in [0.717, 1.165) is 5.56 Å². The lowest BCUT2D eigenvalue weighted by Gasteiger charge is -2.24. The topological polar surface area (TPSA) is 45.6 Å². The summed E-state index contributed by atoms with van der Waals surface area (Å²) in [4.78, 5) is 9.52. The highest BCUT2D eigenvalue weighted by molar-refractivity contribution is 5.23. The number of benzene rings is 1. The van der Waals surface area contributed by atoms with Crippen molar-refractivity contribution in [1.82, 2.24) is 10.0 Å². The molecular formula is C15H14N2O2. The molecule has 1 atom stereocenters. The highest BCUT2D eigenvalue weighted by Gasteiger charge is 2.34. The molecule has 0 spiro atoms. The van der Waals surface area contributed by atoms with Crippen LogP contribution in [0.5, 0.6) is 0 Å². The molecule has 0 saturated carbocycles. The Morgan fingerprint density at radius 3 is 2.58 bits per heavy atom. The predicted molar refractivity (Wildman–Crippen MR) is 70.3 cm³/mol. The Bertz CT molecular complexity index is 571. The van der Waals surface area contributed by atoms with Crippen LogP contribution in [0.4, 0.5) is 0 Å². The Balaban J connectivity index is 1.73. The zero-order valence-electron chi connectivity index (χ0n) is 10.3. The normalized spacial score (nSPS) is 21.8. The maximum Gasteiger partial charge on any atom is 0.239 e. The molecule has 2 aromatic rings. The van der Waals surface area contributed by atoms with Crippen molar-refractivity contribution >= 4 is 0 Å². The van der Waals surface area contributed by atoms with Gasteiger partial charge in [-0.15, -0.1) is 0 Å². The van der Waals surface area contributed by atoms with Gasteiger partial charge in [-0.1, -0.05) is 30.3 Å². The Labute approximate surface area is 111 Å². The fraction of sp³-hybridized carbons (Fsp3) is 0.133. The average molecular weight is 254 g/mol. The number of aromatic nitrogens is 1. The second kappa shape index (κ2) is 4.84. The first-order valence-electron chi connectivity index (χ1n) is 6.08. The molecule has 1 unspecified atom stereocenters. The van der Waals surface area contributed by atoms with Crippen LogP contribution in [0.3, 0.4) is 0 Å². The van der Waals surface area contributed by atoms with E-state index in [-0.39, 0.29) is 0 Å². The van der Waals surface area contributed by atoms with E-state index < -0.39 is 5.79 Å². The van der Waals surface area contributed by atoms with Gasteiger partial charge >= 0.3 is 0 Å². The van der Waals surface area contributed by atoms with Gasteiger partial charge in [0, 0.05) is 24.2 Å². The van der Waals surface area contributed by atoms with E-state index in [1.165, 1.54) is 0 Å². The van der Waals surface area contributed by atoms with E-state index in [9.17, 15) is 5.11 Å². The summed E-state index contributed by atoms with van der Waals surface area (Å²) in [6.45, 7) is 0.588. The Hall–Kier alpha value is -2.17. The molecule has 0 saturated heterocycles. The summed E-state index contributed by atoms with van der Waals surface area (Å²) < 4.78 is 0. The van der Waals surface area contributed by atoms with Crippen LogP contribution >= 0.6 is 0 Å². The number of nitrogens with zero attached hydrogens (tertiary/aromatic N) is 2. The van der Waals surface area contributed by atoms with E-state index in [0.29, 0.717) is 12.1 Å². The van der Waals surface area contributed by atoms with Crippen LogP contribution in [-0.4, -0.2) is 15.2 Å². The highest BCUT2D eigenvalue weighted by Crippen LogP contribution is 2.30. The minimum atomic E-state index is -1.41. The summed E-state index contributed by atoms with van der Waals surface area (Å²) in [6, 6.07) is 13.4. The van der Waals surface area contributed by atoms with Gasteiger partial charge in [0.15, 0.2) is 0 Å². The van der Waals surface area contributed by atoms with Crippen molar-refractivity contribution in [1.29, 1.82) is 0 Å². The van der Waals surface area contributed by atoms with Crippen LogP contribution < -0.4 is 0 Å². The van der Waals surface area contributed by atoms with Crippen molar-refractivity contribution in [2.24, 2.45) is 0 Å². The van der Waals surface area contributed by atoms with Gasteiger partial charge < -0.3 is 5.11 Å². The van der Waals surface area contributed by atoms with Crippen LogP contribution in [0, 0.1) is 0 Å². The van der Waals surface area contributed by atoms with Crippen molar-refractivity contribution in [3.05, 3.63) is 78.3 Å². The lowest BCUT2D eigenvalue weighted by molar-refractivity contribution is -0.280. The zero-order chi connectivity index (χ0) is 13.1. The summed E-state index contributed by atoms with van der Waals surface area (Å²) in [5.74, 6) is -1.41. The van der Waals surface area contributed by atoms with Gasteiger partial charge in [0.1, 0.15) is 0 Å². The second-order valence-electron chi connectivity index (χ2n) is 4.40. The molecule has 0 amide bonds. The second-order valence-corrected chi connectivity index (χ2v) is 4.40. The zero-order valence-corrected chi connectivity index (χ0v) is 10.3. The fourth-order valence-electron chi connectivity index (χ4n) is 2.01. The minimum absolute atomic E-state index is 0.588. The molecule has 0 bridgehead atoms. The largest absolute Gasteiger partial charge is 0.357 e. The molecule has 0 aliphatic carbocycles. The first kappa shape index (κ1) is 11.9. The Kier molecular flexibility index (Phi) is 3.03. The van der Waals surface area contributed by atoms with Crippen molar-refractivity contribution in [3.63, 3.8) is 0 Å². The monoisotopic (exact) mass is 254 g/mol. The molecule has 0 fully saturated rings. The lowest BCUT2D eigenvalue weighted by Crippen LogP contribution is -2.28. The SMILES string of the molecule is OC1(c2ccncc2)C=CN(Cc2ccccc2)O1.